The summed E-state index contributed by atoms with van der Waals surface area (Å²) in [4.78, 5) is 18.0. The van der Waals surface area contributed by atoms with E-state index in [1.54, 1.807) is 24.3 Å². The fourth-order valence-corrected chi connectivity index (χ4v) is 7.28. The van der Waals surface area contributed by atoms with Gasteiger partial charge in [0.05, 0.1) is 27.8 Å². The molecular formula is C28H29N3O4S2. The predicted molar refractivity (Wildman–Crippen MR) is 147 cm³/mol. The molecule has 0 aliphatic carbocycles. The van der Waals surface area contributed by atoms with Crippen LogP contribution in [0.4, 0.5) is 5.13 Å². The molecule has 1 aliphatic heterocycles. The molecule has 1 aliphatic rings. The molecule has 9 heteroatoms. The Balaban J connectivity index is 1.42. The Morgan fingerprint density at radius 2 is 1.89 bits per heavy atom. The minimum absolute atomic E-state index is 0.0105. The van der Waals surface area contributed by atoms with Crippen LogP contribution in [-0.4, -0.2) is 36.8 Å². The number of sulfonamides is 1. The molecule has 1 aromatic heterocycles. The standard InChI is InChI=1S/C28H29N3O4S2/c1-3-19-9-14-24-26(17-19)36-28(29-24)30-27(32)18-25-23-8-6-5-7-20(23)15-16-31(25)37(33,34)22-12-10-21(11-13-22)35-4-2/h5-14,17,25H,3-4,15-16,18H2,1-2H3,(H,29,30,32)/t25-/m1/s1. The largest absolute Gasteiger partial charge is 0.494 e. The molecule has 0 saturated heterocycles. The number of aromatic nitrogens is 1. The van der Waals surface area contributed by atoms with E-state index in [0.717, 1.165) is 27.8 Å². The maximum atomic E-state index is 13.7. The number of hydrogen-bond acceptors (Lipinski definition) is 6. The summed E-state index contributed by atoms with van der Waals surface area (Å²) in [6.45, 7) is 4.77. The van der Waals surface area contributed by atoms with Crippen LogP contribution in [0.1, 0.15) is 43.0 Å². The molecule has 1 N–H and O–H groups in total. The first kappa shape index (κ1) is 25.4. The summed E-state index contributed by atoms with van der Waals surface area (Å²) in [5, 5.41) is 3.42. The molecule has 0 unspecified atom stereocenters. The summed E-state index contributed by atoms with van der Waals surface area (Å²) >= 11 is 1.42. The maximum Gasteiger partial charge on any atom is 0.243 e. The van der Waals surface area contributed by atoms with Gasteiger partial charge in [0, 0.05) is 13.0 Å². The molecule has 37 heavy (non-hydrogen) atoms. The predicted octanol–water partition coefficient (Wildman–Crippen LogP) is 5.57. The van der Waals surface area contributed by atoms with Crippen molar-refractivity contribution in [1.29, 1.82) is 0 Å². The third-order valence-electron chi connectivity index (χ3n) is 6.59. The highest BCUT2D eigenvalue weighted by atomic mass is 32.2. The number of anilines is 1. The van der Waals surface area contributed by atoms with E-state index in [9.17, 15) is 13.2 Å². The Kier molecular flexibility index (Phi) is 7.28. The minimum Gasteiger partial charge on any atom is -0.494 e. The summed E-state index contributed by atoms with van der Waals surface area (Å²) in [5.74, 6) is 0.339. The van der Waals surface area contributed by atoms with Crippen molar-refractivity contribution >= 4 is 42.6 Å². The number of carbonyl (C=O) groups excluding carboxylic acids is 1. The first-order chi connectivity index (χ1) is 17.9. The van der Waals surface area contributed by atoms with Crippen molar-refractivity contribution in [1.82, 2.24) is 9.29 Å². The van der Waals surface area contributed by atoms with Crippen molar-refractivity contribution < 1.29 is 17.9 Å². The Morgan fingerprint density at radius 3 is 2.65 bits per heavy atom. The van der Waals surface area contributed by atoms with E-state index in [0.29, 0.717) is 30.5 Å². The van der Waals surface area contributed by atoms with Gasteiger partial charge in [-0.15, -0.1) is 0 Å². The number of rotatable bonds is 8. The van der Waals surface area contributed by atoms with Crippen molar-refractivity contribution in [3.63, 3.8) is 0 Å². The van der Waals surface area contributed by atoms with Gasteiger partial charge in [-0.3, -0.25) is 4.79 Å². The van der Waals surface area contributed by atoms with Crippen molar-refractivity contribution in [2.24, 2.45) is 0 Å². The van der Waals surface area contributed by atoms with Gasteiger partial charge in [0.15, 0.2) is 5.13 Å². The second-order valence-corrected chi connectivity index (χ2v) is 11.8. The molecule has 2 heterocycles. The molecule has 3 aromatic carbocycles. The number of carbonyl (C=O) groups is 1. The van der Waals surface area contributed by atoms with Gasteiger partial charge in [-0.2, -0.15) is 4.31 Å². The highest BCUT2D eigenvalue weighted by Crippen LogP contribution is 2.37. The van der Waals surface area contributed by atoms with E-state index >= 15 is 0 Å². The topological polar surface area (TPSA) is 88.6 Å². The molecule has 0 bridgehead atoms. The molecule has 4 aromatic rings. The Morgan fingerprint density at radius 1 is 1.11 bits per heavy atom. The smallest absolute Gasteiger partial charge is 0.243 e. The number of nitrogens with one attached hydrogen (secondary N) is 1. The van der Waals surface area contributed by atoms with E-state index in [1.165, 1.54) is 21.2 Å². The van der Waals surface area contributed by atoms with Crippen LogP contribution in [0.3, 0.4) is 0 Å². The fraction of sp³-hybridized carbons (Fsp3) is 0.286. The Hall–Kier alpha value is -3.27. The first-order valence-corrected chi connectivity index (χ1v) is 14.7. The van der Waals surface area contributed by atoms with E-state index in [4.69, 9.17) is 4.74 Å². The van der Waals surface area contributed by atoms with Crippen LogP contribution in [-0.2, 0) is 27.7 Å². The second kappa shape index (κ2) is 10.6. The van der Waals surface area contributed by atoms with Gasteiger partial charge in [0.2, 0.25) is 15.9 Å². The molecule has 192 valence electrons. The molecule has 0 fully saturated rings. The van der Waals surface area contributed by atoms with Gasteiger partial charge in [0.25, 0.3) is 0 Å². The summed E-state index contributed by atoms with van der Waals surface area (Å²) < 4.78 is 35.4. The lowest BCUT2D eigenvalue weighted by atomic mass is 9.92. The van der Waals surface area contributed by atoms with Crippen molar-refractivity contribution in [3.8, 4) is 5.75 Å². The number of thiazole rings is 1. The third-order valence-corrected chi connectivity index (χ3v) is 9.45. The number of nitrogens with zero attached hydrogens (tertiary/aromatic N) is 2. The number of ether oxygens (including phenoxy) is 1. The maximum absolute atomic E-state index is 13.7. The third kappa shape index (κ3) is 5.25. The van der Waals surface area contributed by atoms with Crippen molar-refractivity contribution in [3.05, 3.63) is 83.4 Å². The average molecular weight is 536 g/mol. The Labute approximate surface area is 221 Å². The average Bonchev–Trinajstić information content (AvgIpc) is 3.30. The van der Waals surface area contributed by atoms with Gasteiger partial charge in [-0.05, 0) is 72.9 Å². The molecule has 0 saturated carbocycles. The zero-order valence-corrected chi connectivity index (χ0v) is 22.4. The van der Waals surface area contributed by atoms with Crippen LogP contribution >= 0.6 is 11.3 Å². The summed E-state index contributed by atoms with van der Waals surface area (Å²) in [5.41, 5.74) is 3.96. The zero-order valence-electron chi connectivity index (χ0n) is 20.8. The quantitative estimate of drug-likeness (QED) is 0.318. The van der Waals surface area contributed by atoms with Crippen LogP contribution in [0.15, 0.2) is 71.6 Å². The lowest BCUT2D eigenvalue weighted by Gasteiger charge is -2.36. The fourth-order valence-electron chi connectivity index (χ4n) is 4.73. The monoisotopic (exact) mass is 535 g/mol. The molecule has 5 rings (SSSR count). The molecule has 0 spiro atoms. The molecule has 1 amide bonds. The number of benzene rings is 3. The van der Waals surface area contributed by atoms with E-state index in [2.05, 4.69) is 23.3 Å². The molecule has 1 atom stereocenters. The normalized spacial score (nSPS) is 15.9. The van der Waals surface area contributed by atoms with Gasteiger partial charge in [0.1, 0.15) is 5.75 Å². The van der Waals surface area contributed by atoms with Crippen molar-refractivity contribution in [2.45, 2.75) is 44.0 Å². The van der Waals surface area contributed by atoms with Gasteiger partial charge in [-0.25, -0.2) is 13.4 Å². The first-order valence-electron chi connectivity index (χ1n) is 12.4. The SMILES string of the molecule is CCOc1ccc(S(=O)(=O)N2CCc3ccccc3[C@H]2CC(=O)Nc2nc3ccc(CC)cc3s2)cc1. The van der Waals surface area contributed by atoms with Crippen LogP contribution in [0.5, 0.6) is 5.75 Å². The molecule has 0 radical (unpaired) electrons. The number of hydrogen-bond donors (Lipinski definition) is 1. The number of fused-ring (bicyclic) bond motifs is 2. The van der Waals surface area contributed by atoms with Gasteiger partial charge in [-0.1, -0.05) is 48.6 Å². The highest BCUT2D eigenvalue weighted by Gasteiger charge is 2.37. The minimum atomic E-state index is -3.85. The van der Waals surface area contributed by atoms with Crippen molar-refractivity contribution in [2.75, 3.05) is 18.5 Å². The summed E-state index contributed by atoms with van der Waals surface area (Å²) in [6, 6.07) is 19.6. The molecule has 7 nitrogen and oxygen atoms in total. The lowest BCUT2D eigenvalue weighted by Crippen LogP contribution is -2.41. The Bertz CT molecular complexity index is 1530. The van der Waals surface area contributed by atoms with Gasteiger partial charge >= 0.3 is 0 Å². The number of amides is 1. The van der Waals surface area contributed by atoms with Crippen LogP contribution < -0.4 is 10.1 Å². The van der Waals surface area contributed by atoms with E-state index < -0.39 is 16.1 Å². The van der Waals surface area contributed by atoms with Crippen LogP contribution in [0, 0.1) is 0 Å². The van der Waals surface area contributed by atoms with E-state index in [1.807, 2.05) is 43.3 Å². The zero-order chi connectivity index (χ0) is 26.0. The summed E-state index contributed by atoms with van der Waals surface area (Å²) in [6.07, 6.45) is 1.50. The van der Waals surface area contributed by atoms with E-state index in [-0.39, 0.29) is 17.2 Å². The highest BCUT2D eigenvalue weighted by molar-refractivity contribution is 7.89. The lowest BCUT2D eigenvalue weighted by molar-refractivity contribution is -0.117. The van der Waals surface area contributed by atoms with Gasteiger partial charge < -0.3 is 10.1 Å². The van der Waals surface area contributed by atoms with Crippen LogP contribution in [0.2, 0.25) is 0 Å². The second-order valence-electron chi connectivity index (χ2n) is 8.91. The summed E-state index contributed by atoms with van der Waals surface area (Å²) in [7, 11) is -3.85. The molecular weight excluding hydrogens is 506 g/mol. The van der Waals surface area contributed by atoms with Crippen LogP contribution in [0.25, 0.3) is 10.2 Å². The number of aryl methyl sites for hydroxylation is 1.